The molecule has 1 unspecified atom stereocenters. The van der Waals surface area contributed by atoms with Gasteiger partial charge in [-0.1, -0.05) is 30.3 Å². The largest absolute Gasteiger partial charge is 0.491 e. The van der Waals surface area contributed by atoms with E-state index in [1.165, 1.54) is 0 Å². The third kappa shape index (κ3) is 3.98. The molecule has 0 saturated heterocycles. The first-order chi connectivity index (χ1) is 12.0. The number of aryl methyl sites for hydroxylation is 2. The van der Waals surface area contributed by atoms with Gasteiger partial charge in [0.2, 0.25) is 0 Å². The number of rotatable bonds is 6. The van der Waals surface area contributed by atoms with Gasteiger partial charge in [0, 0.05) is 13.1 Å². The summed E-state index contributed by atoms with van der Waals surface area (Å²) in [4.78, 5) is 16.1. The highest BCUT2D eigenvalue weighted by molar-refractivity contribution is 6.04. The SMILES string of the molecule is Cc1nc2ccc(OCC(N)Cc3ccccc3)c(C(=O)O)c2n1C.Cl. The van der Waals surface area contributed by atoms with Crippen LogP contribution in [0.4, 0.5) is 0 Å². The monoisotopic (exact) mass is 375 g/mol. The van der Waals surface area contributed by atoms with Crippen LogP contribution in [0, 0.1) is 6.92 Å². The van der Waals surface area contributed by atoms with E-state index in [1.54, 1.807) is 23.7 Å². The number of carboxylic acids is 1. The van der Waals surface area contributed by atoms with Crippen molar-refractivity contribution < 1.29 is 14.6 Å². The van der Waals surface area contributed by atoms with Crippen LogP contribution in [0.15, 0.2) is 42.5 Å². The van der Waals surface area contributed by atoms with Gasteiger partial charge < -0.3 is 20.1 Å². The van der Waals surface area contributed by atoms with Gasteiger partial charge >= 0.3 is 5.97 Å². The zero-order valence-electron chi connectivity index (χ0n) is 14.7. The van der Waals surface area contributed by atoms with E-state index >= 15 is 0 Å². The molecule has 3 N–H and O–H groups in total. The van der Waals surface area contributed by atoms with Gasteiger partial charge in [0.05, 0.1) is 11.0 Å². The average Bonchev–Trinajstić information content (AvgIpc) is 2.88. The molecule has 3 rings (SSSR count). The topological polar surface area (TPSA) is 90.4 Å². The molecule has 0 bridgehead atoms. The predicted molar refractivity (Wildman–Crippen MR) is 103 cm³/mol. The van der Waals surface area contributed by atoms with Gasteiger partial charge in [0.15, 0.2) is 0 Å². The maximum atomic E-state index is 11.8. The van der Waals surface area contributed by atoms with Crippen molar-refractivity contribution in [3.8, 4) is 5.75 Å². The summed E-state index contributed by atoms with van der Waals surface area (Å²) in [5.41, 5.74) is 8.57. The second-order valence-corrected chi connectivity index (χ2v) is 6.09. The number of nitrogens with two attached hydrogens (primary N) is 1. The molecule has 1 aromatic heterocycles. The van der Waals surface area contributed by atoms with Crippen LogP contribution in [0.5, 0.6) is 5.75 Å². The molecule has 7 heteroatoms. The molecule has 0 amide bonds. The van der Waals surface area contributed by atoms with E-state index in [9.17, 15) is 9.90 Å². The zero-order chi connectivity index (χ0) is 18.0. The molecule has 138 valence electrons. The minimum atomic E-state index is -1.04. The van der Waals surface area contributed by atoms with Gasteiger partial charge in [-0.15, -0.1) is 12.4 Å². The minimum Gasteiger partial charge on any atom is -0.491 e. The van der Waals surface area contributed by atoms with Crippen LogP contribution < -0.4 is 10.5 Å². The number of fused-ring (bicyclic) bond motifs is 1. The maximum Gasteiger partial charge on any atom is 0.341 e. The number of hydrogen-bond donors (Lipinski definition) is 2. The van der Waals surface area contributed by atoms with Crippen LogP contribution in [0.3, 0.4) is 0 Å². The number of imidazole rings is 1. The summed E-state index contributed by atoms with van der Waals surface area (Å²) < 4.78 is 7.52. The number of carbonyl (C=O) groups is 1. The average molecular weight is 376 g/mol. The second kappa shape index (κ2) is 8.21. The molecule has 1 heterocycles. The number of hydrogen-bond acceptors (Lipinski definition) is 4. The van der Waals surface area contributed by atoms with Crippen LogP contribution in [-0.4, -0.2) is 33.3 Å². The van der Waals surface area contributed by atoms with Crippen molar-refractivity contribution in [1.82, 2.24) is 9.55 Å². The Balaban J connectivity index is 0.00000243. The van der Waals surface area contributed by atoms with Gasteiger partial charge in [0.1, 0.15) is 23.7 Å². The van der Waals surface area contributed by atoms with Crippen molar-refractivity contribution >= 4 is 29.4 Å². The summed E-state index contributed by atoms with van der Waals surface area (Å²) in [5.74, 6) is 0.0159. The first kappa shape index (κ1) is 19.8. The molecular formula is C19H22ClN3O3. The van der Waals surface area contributed by atoms with E-state index < -0.39 is 5.97 Å². The highest BCUT2D eigenvalue weighted by Gasteiger charge is 2.20. The second-order valence-electron chi connectivity index (χ2n) is 6.09. The number of aromatic nitrogens is 2. The summed E-state index contributed by atoms with van der Waals surface area (Å²) in [7, 11) is 1.79. The molecule has 0 saturated carbocycles. The van der Waals surface area contributed by atoms with E-state index in [-0.39, 0.29) is 30.6 Å². The summed E-state index contributed by atoms with van der Waals surface area (Å²) >= 11 is 0. The Labute approximate surface area is 158 Å². The Hall–Kier alpha value is -2.57. The Bertz CT molecular complexity index is 909. The molecule has 0 fully saturated rings. The molecule has 2 aromatic carbocycles. The Kier molecular flexibility index (Phi) is 6.23. The lowest BCUT2D eigenvalue weighted by atomic mass is 10.1. The lowest BCUT2D eigenvalue weighted by Gasteiger charge is -2.15. The van der Waals surface area contributed by atoms with Crippen LogP contribution in [0.2, 0.25) is 0 Å². The van der Waals surface area contributed by atoms with Gasteiger partial charge in [0.25, 0.3) is 0 Å². The van der Waals surface area contributed by atoms with Gasteiger partial charge in [-0.05, 0) is 31.0 Å². The van der Waals surface area contributed by atoms with Gasteiger partial charge in [-0.25, -0.2) is 9.78 Å². The number of ether oxygens (including phenoxy) is 1. The predicted octanol–water partition coefficient (Wildman–Crippen LogP) is 2.95. The fourth-order valence-electron chi connectivity index (χ4n) is 2.90. The van der Waals surface area contributed by atoms with E-state index in [2.05, 4.69) is 4.98 Å². The molecular weight excluding hydrogens is 354 g/mol. The fourth-order valence-corrected chi connectivity index (χ4v) is 2.90. The van der Waals surface area contributed by atoms with Crippen molar-refractivity contribution in [2.45, 2.75) is 19.4 Å². The smallest absolute Gasteiger partial charge is 0.341 e. The van der Waals surface area contributed by atoms with Crippen molar-refractivity contribution in [3.05, 3.63) is 59.4 Å². The maximum absolute atomic E-state index is 11.8. The lowest BCUT2D eigenvalue weighted by Crippen LogP contribution is -2.30. The standard InChI is InChI=1S/C19H21N3O3.ClH/c1-12-21-15-8-9-16(17(19(23)24)18(15)22(12)2)25-11-14(20)10-13-6-4-3-5-7-13;/h3-9,14H,10-11,20H2,1-2H3,(H,23,24);1H. The van der Waals surface area contributed by atoms with Crippen molar-refractivity contribution in [2.75, 3.05) is 6.61 Å². The van der Waals surface area contributed by atoms with Crippen molar-refractivity contribution in [1.29, 1.82) is 0 Å². The molecule has 0 radical (unpaired) electrons. The highest BCUT2D eigenvalue weighted by atomic mass is 35.5. The number of carboxylic acid groups (broad SMARTS) is 1. The van der Waals surface area contributed by atoms with Crippen LogP contribution in [-0.2, 0) is 13.5 Å². The fraction of sp³-hybridized carbons (Fsp3) is 0.263. The molecule has 1 atom stereocenters. The lowest BCUT2D eigenvalue weighted by molar-refractivity contribution is 0.0693. The summed E-state index contributed by atoms with van der Waals surface area (Å²) in [6, 6.07) is 13.1. The molecule has 0 aliphatic carbocycles. The number of aromatic carboxylic acids is 1. The quantitative estimate of drug-likeness (QED) is 0.691. The highest BCUT2D eigenvalue weighted by Crippen LogP contribution is 2.28. The Morgan fingerprint density at radius 1 is 1.27 bits per heavy atom. The molecule has 3 aromatic rings. The summed E-state index contributed by atoms with van der Waals surface area (Å²) in [5, 5.41) is 9.65. The molecule has 26 heavy (non-hydrogen) atoms. The van der Waals surface area contributed by atoms with Crippen LogP contribution >= 0.6 is 12.4 Å². The van der Waals surface area contributed by atoms with Crippen LogP contribution in [0.1, 0.15) is 21.7 Å². The van der Waals surface area contributed by atoms with Crippen molar-refractivity contribution in [2.24, 2.45) is 12.8 Å². The Morgan fingerprint density at radius 2 is 1.96 bits per heavy atom. The summed E-state index contributed by atoms with van der Waals surface area (Å²) in [6.07, 6.45) is 0.663. The number of halogens is 1. The molecule has 0 spiro atoms. The van der Waals surface area contributed by atoms with E-state index in [4.69, 9.17) is 10.5 Å². The first-order valence-corrected chi connectivity index (χ1v) is 8.09. The molecule has 0 aliphatic rings. The third-order valence-corrected chi connectivity index (χ3v) is 4.23. The van der Waals surface area contributed by atoms with E-state index in [0.717, 1.165) is 11.4 Å². The van der Waals surface area contributed by atoms with Gasteiger partial charge in [-0.3, -0.25) is 0 Å². The normalized spacial score (nSPS) is 11.8. The summed E-state index contributed by atoms with van der Waals surface area (Å²) in [6.45, 7) is 2.07. The zero-order valence-corrected chi connectivity index (χ0v) is 15.5. The number of nitrogens with zero attached hydrogens (tertiary/aromatic N) is 2. The van der Waals surface area contributed by atoms with Crippen LogP contribution in [0.25, 0.3) is 11.0 Å². The molecule has 0 aliphatic heterocycles. The van der Waals surface area contributed by atoms with Gasteiger partial charge in [-0.2, -0.15) is 0 Å². The van der Waals surface area contributed by atoms with E-state index in [1.807, 2.05) is 37.3 Å². The Morgan fingerprint density at radius 3 is 2.62 bits per heavy atom. The minimum absolute atomic E-state index is 0. The molecule has 6 nitrogen and oxygen atoms in total. The van der Waals surface area contributed by atoms with E-state index in [0.29, 0.717) is 23.2 Å². The number of benzene rings is 2. The van der Waals surface area contributed by atoms with Crippen molar-refractivity contribution in [3.63, 3.8) is 0 Å². The first-order valence-electron chi connectivity index (χ1n) is 8.09. The third-order valence-electron chi connectivity index (χ3n) is 4.23.